The van der Waals surface area contributed by atoms with Crippen LogP contribution in [0, 0.1) is 6.92 Å². The molecule has 0 heterocycles. The van der Waals surface area contributed by atoms with Gasteiger partial charge in [0.15, 0.2) is 0 Å². The molecule has 0 fully saturated rings. The number of sulfonamides is 1. The van der Waals surface area contributed by atoms with Gasteiger partial charge in [0, 0.05) is 5.02 Å². The zero-order valence-corrected chi connectivity index (χ0v) is 21.2. The van der Waals surface area contributed by atoms with Crippen LogP contribution >= 0.6 is 11.6 Å². The molecule has 0 spiro atoms. The Morgan fingerprint density at radius 2 is 1.58 bits per heavy atom. The SMILES string of the molecule is COC(=O)c1ccc(C(=O)OC)c(NC(=O)CN(c2ccc(C)c(Cl)c2)S(=O)(=O)c2ccccc2)c1. The molecule has 11 heteroatoms. The highest BCUT2D eigenvalue weighted by atomic mass is 35.5. The Morgan fingerprint density at radius 3 is 2.19 bits per heavy atom. The lowest BCUT2D eigenvalue weighted by molar-refractivity contribution is -0.114. The van der Waals surface area contributed by atoms with Gasteiger partial charge in [0.05, 0.1) is 41.6 Å². The van der Waals surface area contributed by atoms with Crippen LogP contribution in [-0.2, 0) is 24.3 Å². The number of halogens is 1. The van der Waals surface area contributed by atoms with Crippen LogP contribution in [0.25, 0.3) is 0 Å². The molecule has 188 valence electrons. The molecule has 0 bridgehead atoms. The van der Waals surface area contributed by atoms with Gasteiger partial charge in [-0.3, -0.25) is 9.10 Å². The first-order valence-electron chi connectivity index (χ1n) is 10.5. The second-order valence-corrected chi connectivity index (χ2v) is 9.82. The van der Waals surface area contributed by atoms with E-state index in [0.29, 0.717) is 5.02 Å². The number of nitrogens with one attached hydrogen (secondary N) is 1. The molecule has 0 unspecified atom stereocenters. The molecule has 3 rings (SSSR count). The fourth-order valence-electron chi connectivity index (χ4n) is 3.27. The Morgan fingerprint density at radius 1 is 0.917 bits per heavy atom. The van der Waals surface area contributed by atoms with E-state index in [0.717, 1.165) is 17.0 Å². The third-order valence-electron chi connectivity index (χ3n) is 5.18. The normalized spacial score (nSPS) is 10.9. The molecule has 0 aliphatic carbocycles. The van der Waals surface area contributed by atoms with Crippen molar-refractivity contribution in [2.75, 3.05) is 30.4 Å². The number of ether oxygens (including phenoxy) is 2. The van der Waals surface area contributed by atoms with Crippen LogP contribution in [0.5, 0.6) is 0 Å². The van der Waals surface area contributed by atoms with E-state index in [1.165, 1.54) is 49.6 Å². The number of aryl methyl sites for hydroxylation is 1. The highest BCUT2D eigenvalue weighted by Crippen LogP contribution is 2.28. The highest BCUT2D eigenvalue weighted by molar-refractivity contribution is 7.92. The summed E-state index contributed by atoms with van der Waals surface area (Å²) in [6.45, 7) is 1.11. The Hall–Kier alpha value is -3.89. The molecular weight excluding hydrogens is 508 g/mol. The summed E-state index contributed by atoms with van der Waals surface area (Å²) in [4.78, 5) is 37.3. The van der Waals surface area contributed by atoms with Gasteiger partial charge in [0.25, 0.3) is 10.0 Å². The molecule has 0 aliphatic rings. The summed E-state index contributed by atoms with van der Waals surface area (Å²) in [7, 11) is -1.83. The number of methoxy groups -OCH3 is 2. The van der Waals surface area contributed by atoms with Crippen LogP contribution in [0.2, 0.25) is 5.02 Å². The van der Waals surface area contributed by atoms with E-state index in [1.807, 2.05) is 0 Å². The number of esters is 2. The number of hydrogen-bond acceptors (Lipinski definition) is 7. The maximum absolute atomic E-state index is 13.5. The topological polar surface area (TPSA) is 119 Å². The molecule has 3 aromatic carbocycles. The second kappa shape index (κ2) is 11.2. The number of rotatable bonds is 8. The van der Waals surface area contributed by atoms with E-state index in [2.05, 4.69) is 5.32 Å². The van der Waals surface area contributed by atoms with Crippen LogP contribution in [-0.4, -0.2) is 47.0 Å². The van der Waals surface area contributed by atoms with Gasteiger partial charge in [-0.2, -0.15) is 0 Å². The number of hydrogen-bond donors (Lipinski definition) is 1. The first-order chi connectivity index (χ1) is 17.1. The van der Waals surface area contributed by atoms with Gasteiger partial charge >= 0.3 is 11.9 Å². The van der Waals surface area contributed by atoms with E-state index < -0.39 is 34.4 Å². The van der Waals surface area contributed by atoms with E-state index >= 15 is 0 Å². The molecular formula is C25H23ClN2O7S. The van der Waals surface area contributed by atoms with Crippen molar-refractivity contribution in [1.29, 1.82) is 0 Å². The van der Waals surface area contributed by atoms with Gasteiger partial charge < -0.3 is 14.8 Å². The van der Waals surface area contributed by atoms with E-state index in [-0.39, 0.29) is 27.4 Å². The summed E-state index contributed by atoms with van der Waals surface area (Å²) in [5.41, 5.74) is 0.882. The first-order valence-corrected chi connectivity index (χ1v) is 12.3. The van der Waals surface area contributed by atoms with Crippen molar-refractivity contribution in [3.63, 3.8) is 0 Å². The minimum atomic E-state index is -4.18. The molecule has 0 aromatic heterocycles. The van der Waals surface area contributed by atoms with Crippen LogP contribution in [0.4, 0.5) is 11.4 Å². The lowest BCUT2D eigenvalue weighted by Crippen LogP contribution is -2.38. The number of benzene rings is 3. The molecule has 0 aliphatic heterocycles. The Labute approximate surface area is 213 Å². The summed E-state index contributed by atoms with van der Waals surface area (Å²) < 4.78 is 37.3. The number of anilines is 2. The Kier molecular flexibility index (Phi) is 8.33. The molecule has 0 saturated carbocycles. The molecule has 0 atom stereocenters. The van der Waals surface area contributed by atoms with E-state index in [1.54, 1.807) is 31.2 Å². The lowest BCUT2D eigenvalue weighted by Gasteiger charge is -2.25. The molecule has 0 saturated heterocycles. The second-order valence-electron chi connectivity index (χ2n) is 7.55. The third kappa shape index (κ3) is 5.84. The van der Waals surface area contributed by atoms with Crippen LogP contribution < -0.4 is 9.62 Å². The van der Waals surface area contributed by atoms with Gasteiger partial charge in [-0.05, 0) is 55.0 Å². The molecule has 0 radical (unpaired) electrons. The quantitative estimate of drug-likeness (QED) is 0.436. The van der Waals surface area contributed by atoms with Crippen molar-refractivity contribution >= 4 is 50.8 Å². The minimum absolute atomic E-state index is 0.0302. The zero-order chi connectivity index (χ0) is 26.5. The fraction of sp³-hybridized carbons (Fsp3) is 0.160. The Bertz CT molecular complexity index is 1410. The fourth-order valence-corrected chi connectivity index (χ4v) is 4.88. The van der Waals surface area contributed by atoms with Gasteiger partial charge in [0.2, 0.25) is 5.91 Å². The van der Waals surface area contributed by atoms with Crippen molar-refractivity contribution < 1.29 is 32.3 Å². The molecule has 1 N–H and O–H groups in total. The predicted octanol–water partition coefficient (Wildman–Crippen LogP) is 4.06. The summed E-state index contributed by atoms with van der Waals surface area (Å²) in [6, 6.07) is 16.1. The summed E-state index contributed by atoms with van der Waals surface area (Å²) in [5.74, 6) is -2.23. The summed E-state index contributed by atoms with van der Waals surface area (Å²) in [5, 5.41) is 2.83. The van der Waals surface area contributed by atoms with E-state index in [4.69, 9.17) is 21.1 Å². The summed E-state index contributed by atoms with van der Waals surface area (Å²) in [6.07, 6.45) is 0. The average Bonchev–Trinajstić information content (AvgIpc) is 2.88. The van der Waals surface area contributed by atoms with E-state index in [9.17, 15) is 22.8 Å². The monoisotopic (exact) mass is 530 g/mol. The number of carbonyl (C=O) groups is 3. The first kappa shape index (κ1) is 26.7. The molecule has 1 amide bonds. The maximum Gasteiger partial charge on any atom is 0.339 e. The van der Waals surface area contributed by atoms with Crippen molar-refractivity contribution in [2.24, 2.45) is 0 Å². The van der Waals surface area contributed by atoms with Crippen molar-refractivity contribution in [3.8, 4) is 0 Å². The van der Waals surface area contributed by atoms with Gasteiger partial charge in [-0.25, -0.2) is 18.0 Å². The standard InChI is InChI=1S/C25H23ClN2O7S/c1-16-9-11-18(14-21(16)26)28(36(32,33)19-7-5-4-6-8-19)15-23(29)27-22-13-17(24(30)34-2)10-12-20(22)25(31)35-3/h4-14H,15H2,1-3H3,(H,27,29). The molecule has 3 aromatic rings. The molecule has 36 heavy (non-hydrogen) atoms. The zero-order valence-electron chi connectivity index (χ0n) is 19.6. The van der Waals surface area contributed by atoms with Crippen LogP contribution in [0.15, 0.2) is 71.6 Å². The van der Waals surface area contributed by atoms with Crippen molar-refractivity contribution in [2.45, 2.75) is 11.8 Å². The van der Waals surface area contributed by atoms with Gasteiger partial charge in [-0.15, -0.1) is 0 Å². The minimum Gasteiger partial charge on any atom is -0.465 e. The largest absolute Gasteiger partial charge is 0.465 e. The predicted molar refractivity (Wildman–Crippen MR) is 135 cm³/mol. The maximum atomic E-state index is 13.5. The number of carbonyl (C=O) groups excluding carboxylic acids is 3. The van der Waals surface area contributed by atoms with Crippen LogP contribution in [0.3, 0.4) is 0 Å². The summed E-state index contributed by atoms with van der Waals surface area (Å²) >= 11 is 6.24. The molecule has 9 nitrogen and oxygen atoms in total. The lowest BCUT2D eigenvalue weighted by atomic mass is 10.1. The van der Waals surface area contributed by atoms with Gasteiger partial charge in [-0.1, -0.05) is 35.9 Å². The number of amides is 1. The number of nitrogens with zero attached hydrogens (tertiary/aromatic N) is 1. The van der Waals surface area contributed by atoms with Crippen molar-refractivity contribution in [1.82, 2.24) is 0 Å². The smallest absolute Gasteiger partial charge is 0.339 e. The van der Waals surface area contributed by atoms with Crippen molar-refractivity contribution in [3.05, 3.63) is 88.4 Å². The van der Waals surface area contributed by atoms with Gasteiger partial charge in [0.1, 0.15) is 6.54 Å². The highest BCUT2D eigenvalue weighted by Gasteiger charge is 2.28. The van der Waals surface area contributed by atoms with Crippen LogP contribution in [0.1, 0.15) is 26.3 Å². The third-order valence-corrected chi connectivity index (χ3v) is 7.38. The Balaban J connectivity index is 2.02. The average molecular weight is 531 g/mol.